The molecule has 1 heterocycles. The van der Waals surface area contributed by atoms with E-state index >= 15 is 0 Å². The van der Waals surface area contributed by atoms with E-state index in [0.717, 1.165) is 21.6 Å². The minimum Gasteiger partial charge on any atom is -0.490 e. The Hall–Kier alpha value is -3.62. The number of ether oxygens (including phenoxy) is 2. The van der Waals surface area contributed by atoms with Crippen LogP contribution in [0, 0.1) is 13.8 Å². The van der Waals surface area contributed by atoms with Crippen LogP contribution in [0.4, 0.5) is 10.5 Å². The Labute approximate surface area is 228 Å². The van der Waals surface area contributed by atoms with Crippen LogP contribution in [0.25, 0.3) is 6.08 Å². The van der Waals surface area contributed by atoms with Crippen molar-refractivity contribution in [3.63, 3.8) is 0 Å². The van der Waals surface area contributed by atoms with E-state index < -0.39 is 17.8 Å². The minimum atomic E-state index is -0.791. The Balaban J connectivity index is 1.69. The van der Waals surface area contributed by atoms with E-state index in [4.69, 9.17) is 21.1 Å². The first-order chi connectivity index (χ1) is 17.7. The number of carbonyl (C=O) groups is 3. The van der Waals surface area contributed by atoms with Gasteiger partial charge in [0.1, 0.15) is 12.2 Å². The first-order valence-corrected chi connectivity index (χ1v) is 12.7. The van der Waals surface area contributed by atoms with E-state index in [1.165, 1.54) is 6.08 Å². The van der Waals surface area contributed by atoms with Crippen molar-refractivity contribution < 1.29 is 23.9 Å². The van der Waals surface area contributed by atoms with E-state index in [1.54, 1.807) is 30.3 Å². The number of hydrogen-bond donors (Lipinski definition) is 1. The highest BCUT2D eigenvalue weighted by atomic mass is 79.9. The van der Waals surface area contributed by atoms with E-state index in [9.17, 15) is 14.4 Å². The lowest BCUT2D eigenvalue weighted by Gasteiger charge is -2.28. The number of anilines is 1. The molecule has 0 bridgehead atoms. The molecule has 1 saturated heterocycles. The molecule has 9 heteroatoms. The molecule has 4 amide bonds. The van der Waals surface area contributed by atoms with E-state index in [0.29, 0.717) is 38.9 Å². The number of carbonyl (C=O) groups excluding carboxylic acids is 3. The number of nitrogens with zero attached hydrogens (tertiary/aromatic N) is 1. The molecule has 3 aromatic carbocycles. The molecule has 0 aliphatic carbocycles. The third kappa shape index (κ3) is 5.55. The quantitative estimate of drug-likeness (QED) is 0.258. The van der Waals surface area contributed by atoms with Crippen LogP contribution in [-0.2, 0) is 16.2 Å². The maximum absolute atomic E-state index is 13.4. The lowest BCUT2D eigenvalue weighted by molar-refractivity contribution is -0.122. The topological polar surface area (TPSA) is 84.9 Å². The van der Waals surface area contributed by atoms with Gasteiger partial charge in [-0.15, -0.1) is 0 Å². The van der Waals surface area contributed by atoms with Crippen molar-refractivity contribution in [2.75, 3.05) is 11.5 Å². The first-order valence-electron chi connectivity index (χ1n) is 11.5. The Morgan fingerprint density at radius 3 is 2.51 bits per heavy atom. The van der Waals surface area contributed by atoms with E-state index in [-0.39, 0.29) is 12.2 Å². The zero-order chi connectivity index (χ0) is 26.7. The fourth-order valence-corrected chi connectivity index (χ4v) is 4.62. The van der Waals surface area contributed by atoms with E-state index in [2.05, 4.69) is 21.2 Å². The van der Waals surface area contributed by atoms with Crippen LogP contribution in [0.5, 0.6) is 11.5 Å². The molecule has 0 radical (unpaired) electrons. The molecule has 1 aliphatic rings. The number of amides is 4. The van der Waals surface area contributed by atoms with Gasteiger partial charge in [-0.3, -0.25) is 14.9 Å². The molecule has 37 heavy (non-hydrogen) atoms. The number of urea groups is 1. The molecule has 190 valence electrons. The van der Waals surface area contributed by atoms with Crippen LogP contribution in [0.2, 0.25) is 5.02 Å². The Morgan fingerprint density at radius 1 is 1.03 bits per heavy atom. The Bertz CT molecular complexity index is 1440. The van der Waals surface area contributed by atoms with Crippen molar-refractivity contribution in [3.05, 3.63) is 91.9 Å². The fourth-order valence-electron chi connectivity index (χ4n) is 3.86. The van der Waals surface area contributed by atoms with Crippen molar-refractivity contribution in [2.24, 2.45) is 0 Å². The smallest absolute Gasteiger partial charge is 0.335 e. The van der Waals surface area contributed by atoms with Crippen LogP contribution >= 0.6 is 27.5 Å². The second kappa shape index (κ2) is 11.2. The average Bonchev–Trinajstić information content (AvgIpc) is 2.85. The van der Waals surface area contributed by atoms with Crippen LogP contribution in [0.1, 0.15) is 29.2 Å². The molecular formula is C28H24BrClN2O5. The predicted molar refractivity (Wildman–Crippen MR) is 146 cm³/mol. The lowest BCUT2D eigenvalue weighted by Crippen LogP contribution is -2.54. The van der Waals surface area contributed by atoms with Gasteiger partial charge in [-0.05, 0) is 83.7 Å². The number of benzene rings is 3. The van der Waals surface area contributed by atoms with Gasteiger partial charge in [0, 0.05) is 10.6 Å². The molecule has 0 saturated carbocycles. The van der Waals surface area contributed by atoms with Gasteiger partial charge in [-0.25, -0.2) is 9.69 Å². The lowest BCUT2D eigenvalue weighted by atomic mass is 10.0. The van der Waals surface area contributed by atoms with Gasteiger partial charge in [-0.1, -0.05) is 41.9 Å². The Morgan fingerprint density at radius 2 is 1.78 bits per heavy atom. The van der Waals surface area contributed by atoms with Gasteiger partial charge >= 0.3 is 6.03 Å². The van der Waals surface area contributed by atoms with Gasteiger partial charge < -0.3 is 9.47 Å². The predicted octanol–water partition coefficient (Wildman–Crippen LogP) is 6.36. The number of imide groups is 2. The first kappa shape index (κ1) is 26.4. The summed E-state index contributed by atoms with van der Waals surface area (Å²) in [6, 6.07) is 15.3. The summed E-state index contributed by atoms with van der Waals surface area (Å²) in [6.45, 7) is 6.12. The highest BCUT2D eigenvalue weighted by Crippen LogP contribution is 2.39. The van der Waals surface area contributed by atoms with E-state index in [1.807, 2.05) is 45.0 Å². The molecule has 0 unspecified atom stereocenters. The third-order valence-electron chi connectivity index (χ3n) is 5.89. The van der Waals surface area contributed by atoms with Gasteiger partial charge in [0.15, 0.2) is 11.5 Å². The number of nitrogens with one attached hydrogen (secondary N) is 1. The summed E-state index contributed by atoms with van der Waals surface area (Å²) in [6.07, 6.45) is 1.42. The Kier molecular flexibility index (Phi) is 8.00. The minimum absolute atomic E-state index is 0.181. The number of aryl methyl sites for hydroxylation is 1. The molecule has 0 aromatic heterocycles. The summed E-state index contributed by atoms with van der Waals surface area (Å²) in [5, 5.41) is 2.85. The maximum atomic E-state index is 13.4. The van der Waals surface area contributed by atoms with Gasteiger partial charge in [0.05, 0.1) is 16.8 Å². The van der Waals surface area contributed by atoms with Gasteiger partial charge in [-0.2, -0.15) is 0 Å². The van der Waals surface area contributed by atoms with Crippen molar-refractivity contribution >= 4 is 57.1 Å². The summed E-state index contributed by atoms with van der Waals surface area (Å²) >= 11 is 9.76. The molecule has 3 aromatic rings. The molecule has 1 aliphatic heterocycles. The molecular weight excluding hydrogens is 560 g/mol. The second-order valence-electron chi connectivity index (χ2n) is 8.32. The van der Waals surface area contributed by atoms with Gasteiger partial charge in [0.25, 0.3) is 11.8 Å². The zero-order valence-corrected chi connectivity index (χ0v) is 22.8. The molecule has 0 atom stereocenters. The molecule has 1 N–H and O–H groups in total. The number of barbiturate groups is 1. The molecule has 0 spiro atoms. The summed E-state index contributed by atoms with van der Waals surface area (Å²) in [7, 11) is 0. The maximum Gasteiger partial charge on any atom is 0.335 e. The standard InChI is InChI=1S/C28H24BrClN2O5/c1-4-36-24-14-18(13-21(29)25(24)37-15-19-9-5-6-10-22(19)30)12-20-26(33)31-28(35)32(27(20)34)23-11-7-8-16(2)17(23)3/h5-14H,4,15H2,1-3H3,(H,31,33,35)/b20-12+. The summed E-state index contributed by atoms with van der Waals surface area (Å²) in [4.78, 5) is 39.6. The highest BCUT2D eigenvalue weighted by Gasteiger charge is 2.37. The number of halogens is 2. The van der Waals surface area contributed by atoms with Crippen molar-refractivity contribution in [1.82, 2.24) is 5.32 Å². The van der Waals surface area contributed by atoms with Crippen LogP contribution in [-0.4, -0.2) is 24.5 Å². The SMILES string of the molecule is CCOc1cc(/C=C2\C(=O)NC(=O)N(c3cccc(C)c3C)C2=O)cc(Br)c1OCc1ccccc1Cl. The number of hydrogen-bond acceptors (Lipinski definition) is 5. The van der Waals surface area contributed by atoms with Crippen LogP contribution in [0.3, 0.4) is 0 Å². The van der Waals surface area contributed by atoms with Crippen LogP contribution in [0.15, 0.2) is 64.6 Å². The molecule has 7 nitrogen and oxygen atoms in total. The second-order valence-corrected chi connectivity index (χ2v) is 9.58. The van der Waals surface area contributed by atoms with Crippen molar-refractivity contribution in [1.29, 1.82) is 0 Å². The highest BCUT2D eigenvalue weighted by molar-refractivity contribution is 9.10. The zero-order valence-electron chi connectivity index (χ0n) is 20.4. The normalized spacial score (nSPS) is 14.7. The molecule has 1 fully saturated rings. The largest absolute Gasteiger partial charge is 0.490 e. The van der Waals surface area contributed by atoms with Crippen LogP contribution < -0.4 is 19.7 Å². The third-order valence-corrected chi connectivity index (χ3v) is 6.85. The fraction of sp³-hybridized carbons (Fsp3) is 0.179. The van der Waals surface area contributed by atoms with Crippen molar-refractivity contribution in [3.8, 4) is 11.5 Å². The average molecular weight is 584 g/mol. The summed E-state index contributed by atoms with van der Waals surface area (Å²) < 4.78 is 12.4. The van der Waals surface area contributed by atoms with Crippen molar-refractivity contribution in [2.45, 2.75) is 27.4 Å². The monoisotopic (exact) mass is 582 g/mol. The summed E-state index contributed by atoms with van der Waals surface area (Å²) in [5.41, 5.74) is 3.24. The van der Waals surface area contributed by atoms with Gasteiger partial charge in [0.2, 0.25) is 0 Å². The molecule has 4 rings (SSSR count). The summed E-state index contributed by atoms with van der Waals surface area (Å²) in [5.74, 6) is -0.613. The number of rotatable bonds is 7.